The molecule has 2 saturated heterocycles. The van der Waals surface area contributed by atoms with Crippen molar-refractivity contribution in [2.24, 2.45) is 5.92 Å². The average Bonchev–Trinajstić information content (AvgIpc) is 3.19. The molecule has 2 aromatic carbocycles. The number of carbonyl (C=O) groups is 1. The van der Waals surface area contributed by atoms with Crippen molar-refractivity contribution in [2.45, 2.75) is 37.4 Å². The van der Waals surface area contributed by atoms with Gasteiger partial charge in [-0.1, -0.05) is 23.7 Å². The number of hydrogen-bond acceptors (Lipinski definition) is 6. The summed E-state index contributed by atoms with van der Waals surface area (Å²) in [6.07, 6.45) is 4.22. The molecule has 0 spiro atoms. The number of nitrogens with one attached hydrogen (secondary N) is 2. The second-order valence-corrected chi connectivity index (χ2v) is 9.20. The second-order valence-electron chi connectivity index (χ2n) is 8.76. The summed E-state index contributed by atoms with van der Waals surface area (Å²) < 4.78 is 5.52. The van der Waals surface area contributed by atoms with Gasteiger partial charge in [0.15, 0.2) is 0 Å². The van der Waals surface area contributed by atoms with Crippen LogP contribution in [0.2, 0.25) is 5.02 Å². The summed E-state index contributed by atoms with van der Waals surface area (Å²) in [5, 5.41) is 16.9. The van der Waals surface area contributed by atoms with E-state index in [0.29, 0.717) is 16.6 Å². The van der Waals surface area contributed by atoms with E-state index in [0.717, 1.165) is 43.6 Å². The van der Waals surface area contributed by atoms with Gasteiger partial charge in [0.05, 0.1) is 4.92 Å². The van der Waals surface area contributed by atoms with Crippen molar-refractivity contribution in [3.05, 3.63) is 80.9 Å². The number of carbonyl (C=O) groups excluding carboxylic acids is 1. The van der Waals surface area contributed by atoms with Gasteiger partial charge in [-0.2, -0.15) is 0 Å². The van der Waals surface area contributed by atoms with Gasteiger partial charge < -0.3 is 10.1 Å². The molecule has 1 amide bonds. The van der Waals surface area contributed by atoms with Gasteiger partial charge in [0, 0.05) is 54.1 Å². The van der Waals surface area contributed by atoms with Crippen molar-refractivity contribution >= 4 is 28.9 Å². The lowest BCUT2D eigenvalue weighted by Gasteiger charge is -2.33. The van der Waals surface area contributed by atoms with Crippen LogP contribution in [0.3, 0.4) is 0 Å². The van der Waals surface area contributed by atoms with Gasteiger partial charge in [-0.05, 0) is 60.6 Å². The van der Waals surface area contributed by atoms with E-state index >= 15 is 0 Å². The van der Waals surface area contributed by atoms with Crippen LogP contribution >= 0.6 is 11.6 Å². The molecule has 0 aliphatic carbocycles. The predicted octanol–water partition coefficient (Wildman–Crippen LogP) is 3.83. The quantitative estimate of drug-likeness (QED) is 0.511. The van der Waals surface area contributed by atoms with Crippen molar-refractivity contribution in [3.63, 3.8) is 0 Å². The third-order valence-corrected chi connectivity index (χ3v) is 6.99. The Morgan fingerprint density at radius 3 is 2.45 bits per heavy atom. The Morgan fingerprint density at radius 1 is 1.09 bits per heavy atom. The zero-order valence-electron chi connectivity index (χ0n) is 17.9. The molecule has 0 bridgehead atoms. The Kier molecular flexibility index (Phi) is 6.05. The van der Waals surface area contributed by atoms with Crippen LogP contribution in [0, 0.1) is 16.0 Å². The predicted molar refractivity (Wildman–Crippen MR) is 124 cm³/mol. The van der Waals surface area contributed by atoms with Gasteiger partial charge in [0.25, 0.3) is 11.6 Å². The maximum absolute atomic E-state index is 13.1. The minimum atomic E-state index is -0.433. The molecular formula is C24H25ClN4O4. The van der Waals surface area contributed by atoms with Crippen molar-refractivity contribution < 1.29 is 14.5 Å². The van der Waals surface area contributed by atoms with Gasteiger partial charge in [-0.25, -0.2) is 5.43 Å². The van der Waals surface area contributed by atoms with E-state index in [1.165, 1.54) is 12.1 Å². The highest BCUT2D eigenvalue weighted by Crippen LogP contribution is 2.38. The first-order valence-electron chi connectivity index (χ1n) is 11.2. The number of ether oxygens (including phenoxy) is 1. The highest BCUT2D eigenvalue weighted by Gasteiger charge is 2.47. The minimum absolute atomic E-state index is 0.0100. The standard InChI is InChI=1S/C24H25ClN4O4/c25-18-5-1-17(2-6-18)23-21(13-15-9-11-33-12-10-15)27-28-22(30)14-20(26-24(23)28)16-3-7-19(8-4-16)29(31)32/h1-8,14-15,21,23-24,26-27H,9-13H2. The Labute approximate surface area is 196 Å². The number of fused-ring (bicyclic) bond motifs is 1. The van der Waals surface area contributed by atoms with Gasteiger partial charge in [-0.3, -0.25) is 19.9 Å². The normalized spacial score (nSPS) is 25.4. The van der Waals surface area contributed by atoms with Crippen molar-refractivity contribution in [1.29, 1.82) is 0 Å². The number of non-ortho nitro benzene ring substituents is 1. The second kappa shape index (κ2) is 9.13. The first-order chi connectivity index (χ1) is 16.0. The number of rotatable bonds is 5. The third-order valence-electron chi connectivity index (χ3n) is 6.74. The number of nitro benzene ring substituents is 1. The van der Waals surface area contributed by atoms with Crippen LogP contribution in [-0.2, 0) is 9.53 Å². The van der Waals surface area contributed by atoms with E-state index in [1.807, 2.05) is 24.3 Å². The summed E-state index contributed by atoms with van der Waals surface area (Å²) in [7, 11) is 0. The SMILES string of the molecule is O=C1C=C(c2ccc([N+](=O)[O-])cc2)NC2C(c3ccc(Cl)cc3)C(CC3CCOCC3)NN12. The molecular weight excluding hydrogens is 444 g/mol. The summed E-state index contributed by atoms with van der Waals surface area (Å²) in [5.41, 5.74) is 5.97. The van der Waals surface area contributed by atoms with Crippen molar-refractivity contribution in [2.75, 3.05) is 13.2 Å². The summed E-state index contributed by atoms with van der Waals surface area (Å²) in [6, 6.07) is 14.1. The Bertz CT molecular complexity index is 1070. The summed E-state index contributed by atoms with van der Waals surface area (Å²) in [5.74, 6) is 0.404. The molecule has 0 radical (unpaired) electrons. The Balaban J connectivity index is 1.44. The molecule has 9 heteroatoms. The van der Waals surface area contributed by atoms with E-state index < -0.39 is 4.92 Å². The number of benzene rings is 2. The summed E-state index contributed by atoms with van der Waals surface area (Å²) in [4.78, 5) is 23.7. The molecule has 2 aromatic rings. The van der Waals surface area contributed by atoms with E-state index in [4.69, 9.17) is 16.3 Å². The Hall–Kier alpha value is -2.94. The molecule has 2 N–H and O–H groups in total. The number of nitro groups is 1. The number of hydrogen-bond donors (Lipinski definition) is 2. The lowest BCUT2D eigenvalue weighted by molar-refractivity contribution is -0.384. The van der Waals surface area contributed by atoms with Crippen LogP contribution in [0.4, 0.5) is 5.69 Å². The van der Waals surface area contributed by atoms with E-state index in [9.17, 15) is 14.9 Å². The number of halogens is 1. The fourth-order valence-electron chi connectivity index (χ4n) is 5.04. The maximum atomic E-state index is 13.1. The molecule has 0 saturated carbocycles. The zero-order valence-corrected chi connectivity index (χ0v) is 18.7. The Morgan fingerprint density at radius 2 is 1.79 bits per heavy atom. The monoisotopic (exact) mass is 468 g/mol. The third kappa shape index (κ3) is 4.46. The van der Waals surface area contributed by atoms with Crippen LogP contribution in [-0.4, -0.2) is 41.3 Å². The first-order valence-corrected chi connectivity index (χ1v) is 11.5. The molecule has 3 aliphatic rings. The van der Waals surface area contributed by atoms with Gasteiger partial charge in [0.1, 0.15) is 6.17 Å². The number of hydrazine groups is 1. The maximum Gasteiger partial charge on any atom is 0.269 e. The fourth-order valence-corrected chi connectivity index (χ4v) is 5.16. The average molecular weight is 469 g/mol. The van der Waals surface area contributed by atoms with Gasteiger partial charge in [0.2, 0.25) is 0 Å². The van der Waals surface area contributed by atoms with Crippen LogP contribution < -0.4 is 10.7 Å². The largest absolute Gasteiger partial charge is 0.381 e. The summed E-state index contributed by atoms with van der Waals surface area (Å²) in [6.45, 7) is 1.55. The highest BCUT2D eigenvalue weighted by atomic mass is 35.5. The molecule has 8 nitrogen and oxygen atoms in total. The molecule has 172 valence electrons. The summed E-state index contributed by atoms with van der Waals surface area (Å²) >= 11 is 6.14. The molecule has 0 aromatic heterocycles. The van der Waals surface area contributed by atoms with E-state index in [2.05, 4.69) is 10.7 Å². The lowest BCUT2D eigenvalue weighted by Crippen LogP contribution is -2.52. The van der Waals surface area contributed by atoms with E-state index in [-0.39, 0.29) is 29.7 Å². The lowest BCUT2D eigenvalue weighted by atomic mass is 9.82. The number of nitrogens with zero attached hydrogens (tertiary/aromatic N) is 2. The molecule has 3 heterocycles. The zero-order chi connectivity index (χ0) is 22.9. The molecule has 3 aliphatic heterocycles. The van der Waals surface area contributed by atoms with Gasteiger partial charge in [-0.15, -0.1) is 0 Å². The van der Waals surface area contributed by atoms with Gasteiger partial charge >= 0.3 is 0 Å². The van der Waals surface area contributed by atoms with Crippen LogP contribution in [0.1, 0.15) is 36.3 Å². The molecule has 5 rings (SSSR count). The molecule has 33 heavy (non-hydrogen) atoms. The van der Waals surface area contributed by atoms with Crippen molar-refractivity contribution in [1.82, 2.24) is 15.8 Å². The smallest absolute Gasteiger partial charge is 0.269 e. The molecule has 3 unspecified atom stereocenters. The topological polar surface area (TPSA) is 96.7 Å². The molecule has 3 atom stereocenters. The van der Waals surface area contributed by atoms with Crippen molar-refractivity contribution in [3.8, 4) is 0 Å². The number of amides is 1. The van der Waals surface area contributed by atoms with Crippen LogP contribution in [0.5, 0.6) is 0 Å². The fraction of sp³-hybridized carbons (Fsp3) is 0.375. The van der Waals surface area contributed by atoms with Crippen LogP contribution in [0.25, 0.3) is 5.70 Å². The van der Waals surface area contributed by atoms with Crippen LogP contribution in [0.15, 0.2) is 54.6 Å². The molecule has 2 fully saturated rings. The highest BCUT2D eigenvalue weighted by molar-refractivity contribution is 6.30. The van der Waals surface area contributed by atoms with E-state index in [1.54, 1.807) is 23.2 Å². The minimum Gasteiger partial charge on any atom is -0.381 e. The first kappa shape index (κ1) is 21.9.